The Bertz CT molecular complexity index is 470. The summed E-state index contributed by atoms with van der Waals surface area (Å²) in [5.74, 6) is -0.354. The van der Waals surface area contributed by atoms with Gasteiger partial charge in [0.15, 0.2) is 0 Å². The van der Waals surface area contributed by atoms with Crippen LogP contribution in [-0.2, 0) is 4.79 Å². The Morgan fingerprint density at radius 2 is 2.20 bits per heavy atom. The fourth-order valence-electron chi connectivity index (χ4n) is 2.72. The molecular formula is C16H22FN2O+. The molecule has 108 valence electrons. The molecule has 1 saturated heterocycles. The van der Waals surface area contributed by atoms with E-state index < -0.39 is 0 Å². The fraction of sp³-hybridized carbons (Fsp3) is 0.438. The molecular weight excluding hydrogens is 255 g/mol. The van der Waals surface area contributed by atoms with Crippen molar-refractivity contribution in [2.24, 2.45) is 0 Å². The first-order valence-corrected chi connectivity index (χ1v) is 7.25. The molecule has 2 atom stereocenters. The molecule has 2 rings (SSSR count). The molecule has 1 aliphatic heterocycles. The van der Waals surface area contributed by atoms with Gasteiger partial charge in [-0.1, -0.05) is 12.1 Å². The summed E-state index contributed by atoms with van der Waals surface area (Å²) in [6, 6.07) is 6.62. The maximum Gasteiger partial charge on any atom is 0.244 e. The summed E-state index contributed by atoms with van der Waals surface area (Å²) in [6.07, 6.45) is 5.64. The van der Waals surface area contributed by atoms with E-state index in [4.69, 9.17) is 0 Å². The molecule has 2 N–H and O–H groups in total. The van der Waals surface area contributed by atoms with Gasteiger partial charge in [-0.3, -0.25) is 4.79 Å². The SMILES string of the molecule is CC[NH+]1CCC[C@@H]1CNC(=O)/C=C/c1ccc(F)cc1. The molecule has 0 aliphatic carbocycles. The highest BCUT2D eigenvalue weighted by molar-refractivity contribution is 5.91. The number of quaternary nitrogens is 1. The fourth-order valence-corrected chi connectivity index (χ4v) is 2.72. The summed E-state index contributed by atoms with van der Waals surface area (Å²) in [5, 5.41) is 2.95. The van der Waals surface area contributed by atoms with Crippen LogP contribution in [0.5, 0.6) is 0 Å². The van der Waals surface area contributed by atoms with Gasteiger partial charge in [0.05, 0.1) is 19.6 Å². The van der Waals surface area contributed by atoms with Crippen LogP contribution in [0.25, 0.3) is 6.08 Å². The highest BCUT2D eigenvalue weighted by Crippen LogP contribution is 2.04. The van der Waals surface area contributed by atoms with Crippen LogP contribution in [0.2, 0.25) is 0 Å². The Morgan fingerprint density at radius 3 is 2.90 bits per heavy atom. The van der Waals surface area contributed by atoms with Gasteiger partial charge in [-0.15, -0.1) is 0 Å². The Kier molecular flexibility index (Phi) is 5.30. The number of benzene rings is 1. The van der Waals surface area contributed by atoms with Crippen molar-refractivity contribution in [2.75, 3.05) is 19.6 Å². The minimum atomic E-state index is -0.268. The van der Waals surface area contributed by atoms with Gasteiger partial charge in [0.1, 0.15) is 11.9 Å². The van der Waals surface area contributed by atoms with Crippen molar-refractivity contribution in [2.45, 2.75) is 25.8 Å². The highest BCUT2D eigenvalue weighted by atomic mass is 19.1. The zero-order valence-electron chi connectivity index (χ0n) is 11.9. The van der Waals surface area contributed by atoms with Crippen LogP contribution < -0.4 is 10.2 Å². The van der Waals surface area contributed by atoms with Crippen molar-refractivity contribution in [1.29, 1.82) is 0 Å². The Hall–Kier alpha value is -1.68. The maximum atomic E-state index is 12.7. The molecule has 0 radical (unpaired) electrons. The van der Waals surface area contributed by atoms with Gasteiger partial charge in [0.2, 0.25) is 5.91 Å². The van der Waals surface area contributed by atoms with Crippen molar-refractivity contribution in [1.82, 2.24) is 5.32 Å². The van der Waals surface area contributed by atoms with E-state index in [-0.39, 0.29) is 11.7 Å². The van der Waals surface area contributed by atoms with Gasteiger partial charge < -0.3 is 10.2 Å². The summed E-state index contributed by atoms with van der Waals surface area (Å²) < 4.78 is 12.7. The van der Waals surface area contributed by atoms with E-state index in [0.717, 1.165) is 18.7 Å². The third kappa shape index (κ3) is 4.17. The van der Waals surface area contributed by atoms with E-state index in [2.05, 4.69) is 12.2 Å². The van der Waals surface area contributed by atoms with E-state index >= 15 is 0 Å². The van der Waals surface area contributed by atoms with Crippen molar-refractivity contribution in [3.63, 3.8) is 0 Å². The second kappa shape index (κ2) is 7.20. The number of halogens is 1. The van der Waals surface area contributed by atoms with Crippen molar-refractivity contribution >= 4 is 12.0 Å². The summed E-state index contributed by atoms with van der Waals surface area (Å²) >= 11 is 0. The summed E-state index contributed by atoms with van der Waals surface area (Å²) in [4.78, 5) is 13.3. The highest BCUT2D eigenvalue weighted by Gasteiger charge is 2.26. The van der Waals surface area contributed by atoms with Gasteiger partial charge in [-0.05, 0) is 30.7 Å². The molecule has 1 unspecified atom stereocenters. The normalized spacial score (nSPS) is 22.3. The molecule has 20 heavy (non-hydrogen) atoms. The second-order valence-corrected chi connectivity index (χ2v) is 5.23. The minimum absolute atomic E-state index is 0.0864. The first-order chi connectivity index (χ1) is 9.69. The Labute approximate surface area is 119 Å². The van der Waals surface area contributed by atoms with Gasteiger partial charge in [0.25, 0.3) is 0 Å². The van der Waals surface area contributed by atoms with Gasteiger partial charge in [-0.2, -0.15) is 0 Å². The molecule has 4 heteroatoms. The first-order valence-electron chi connectivity index (χ1n) is 7.25. The summed E-state index contributed by atoms with van der Waals surface area (Å²) in [6.45, 7) is 5.24. The quantitative estimate of drug-likeness (QED) is 0.774. The third-order valence-corrected chi connectivity index (χ3v) is 3.90. The van der Waals surface area contributed by atoms with E-state index in [9.17, 15) is 9.18 Å². The number of carbonyl (C=O) groups is 1. The average molecular weight is 277 g/mol. The average Bonchev–Trinajstić information content (AvgIpc) is 2.92. The number of nitrogens with one attached hydrogen (secondary N) is 2. The maximum absolute atomic E-state index is 12.7. The van der Waals surface area contributed by atoms with Crippen LogP contribution >= 0.6 is 0 Å². The smallest absolute Gasteiger partial charge is 0.244 e. The molecule has 1 fully saturated rings. The van der Waals surface area contributed by atoms with Crippen LogP contribution in [-0.4, -0.2) is 31.6 Å². The molecule has 1 aromatic rings. The summed E-state index contributed by atoms with van der Waals surface area (Å²) in [5.41, 5.74) is 0.822. The number of carbonyl (C=O) groups excluding carboxylic acids is 1. The lowest BCUT2D eigenvalue weighted by Gasteiger charge is -2.19. The minimum Gasteiger partial charge on any atom is -0.347 e. The standard InChI is InChI=1S/C16H21FN2O/c1-2-19-11-3-4-15(19)12-18-16(20)10-7-13-5-8-14(17)9-6-13/h5-10,15H,2-4,11-12H2,1H3,(H,18,20)/p+1/b10-7+/t15-/m1/s1. The number of amides is 1. The Morgan fingerprint density at radius 1 is 1.45 bits per heavy atom. The lowest BCUT2D eigenvalue weighted by molar-refractivity contribution is -0.909. The van der Waals surface area contributed by atoms with Crippen molar-refractivity contribution < 1.29 is 14.1 Å². The van der Waals surface area contributed by atoms with E-state index in [1.165, 1.54) is 37.6 Å². The van der Waals surface area contributed by atoms with Crippen molar-refractivity contribution in [3.8, 4) is 0 Å². The lowest BCUT2D eigenvalue weighted by Crippen LogP contribution is -3.14. The van der Waals surface area contributed by atoms with E-state index in [0.29, 0.717) is 6.04 Å². The second-order valence-electron chi connectivity index (χ2n) is 5.23. The molecule has 0 aromatic heterocycles. The summed E-state index contributed by atoms with van der Waals surface area (Å²) in [7, 11) is 0. The largest absolute Gasteiger partial charge is 0.347 e. The molecule has 1 heterocycles. The zero-order valence-corrected chi connectivity index (χ0v) is 11.9. The molecule has 0 bridgehead atoms. The number of likely N-dealkylation sites (N-methyl/N-ethyl adjacent to an activating group) is 1. The van der Waals surface area contributed by atoms with Gasteiger partial charge in [-0.25, -0.2) is 4.39 Å². The Balaban J connectivity index is 1.79. The van der Waals surface area contributed by atoms with Crippen LogP contribution in [0.3, 0.4) is 0 Å². The molecule has 1 aliphatic rings. The molecule has 0 spiro atoms. The van der Waals surface area contributed by atoms with Crippen LogP contribution in [0.15, 0.2) is 30.3 Å². The predicted molar refractivity (Wildman–Crippen MR) is 77.8 cm³/mol. The number of rotatable bonds is 5. The van der Waals surface area contributed by atoms with E-state index in [1.807, 2.05) is 0 Å². The molecule has 1 amide bonds. The van der Waals surface area contributed by atoms with E-state index in [1.54, 1.807) is 23.1 Å². The monoisotopic (exact) mass is 277 g/mol. The number of hydrogen-bond acceptors (Lipinski definition) is 1. The van der Waals surface area contributed by atoms with Gasteiger partial charge >= 0.3 is 0 Å². The van der Waals surface area contributed by atoms with Crippen LogP contribution in [0.1, 0.15) is 25.3 Å². The molecule has 1 aromatic carbocycles. The number of hydrogen-bond donors (Lipinski definition) is 2. The zero-order chi connectivity index (χ0) is 14.4. The topological polar surface area (TPSA) is 33.5 Å². The first kappa shape index (κ1) is 14.7. The molecule has 3 nitrogen and oxygen atoms in total. The molecule has 0 saturated carbocycles. The van der Waals surface area contributed by atoms with Crippen LogP contribution in [0.4, 0.5) is 4.39 Å². The third-order valence-electron chi connectivity index (χ3n) is 3.90. The lowest BCUT2D eigenvalue weighted by atomic mass is 10.2. The van der Waals surface area contributed by atoms with Crippen molar-refractivity contribution in [3.05, 3.63) is 41.7 Å². The number of likely N-dealkylation sites (tertiary alicyclic amines) is 1. The van der Waals surface area contributed by atoms with Crippen LogP contribution in [0, 0.1) is 5.82 Å². The predicted octanol–water partition coefficient (Wildman–Crippen LogP) is 1.02. The van der Waals surface area contributed by atoms with Gasteiger partial charge in [0, 0.05) is 18.9 Å².